The second-order valence-corrected chi connectivity index (χ2v) is 9.49. The Bertz CT molecular complexity index is 1000. The summed E-state index contributed by atoms with van der Waals surface area (Å²) in [5, 5.41) is 9.07. The molecule has 0 saturated heterocycles. The summed E-state index contributed by atoms with van der Waals surface area (Å²) in [5.41, 5.74) is 6.16. The molecule has 0 atom stereocenters. The van der Waals surface area contributed by atoms with Gasteiger partial charge in [0.2, 0.25) is 0 Å². The molecule has 0 bridgehead atoms. The van der Waals surface area contributed by atoms with Crippen LogP contribution in [0.4, 0.5) is 0 Å². The monoisotopic (exact) mass is 390 g/mol. The van der Waals surface area contributed by atoms with Crippen LogP contribution in [0, 0.1) is 0 Å². The van der Waals surface area contributed by atoms with Crippen molar-refractivity contribution in [3.8, 4) is 0 Å². The van der Waals surface area contributed by atoms with Crippen LogP contribution in [0.25, 0.3) is 5.57 Å². The molecule has 3 nitrogen and oxygen atoms in total. The van der Waals surface area contributed by atoms with Crippen LogP contribution in [0.3, 0.4) is 0 Å². The predicted octanol–water partition coefficient (Wildman–Crippen LogP) is 6.41. The smallest absolute Gasteiger partial charge is 0.335 e. The third kappa shape index (κ3) is 3.91. The normalized spacial score (nSPS) is 17.9. The summed E-state index contributed by atoms with van der Waals surface area (Å²) < 4.78 is 0. The molecule has 0 aromatic heterocycles. The van der Waals surface area contributed by atoms with Crippen LogP contribution >= 0.6 is 0 Å². The summed E-state index contributed by atoms with van der Waals surface area (Å²) in [5.74, 6) is -0.933. The molecule has 0 fully saturated rings. The fourth-order valence-electron chi connectivity index (χ4n) is 4.20. The zero-order chi connectivity index (χ0) is 21.6. The second-order valence-electron chi connectivity index (χ2n) is 9.49. The van der Waals surface area contributed by atoms with Crippen molar-refractivity contribution in [3.63, 3.8) is 0 Å². The number of carboxylic acid groups (broad SMARTS) is 1. The fourth-order valence-corrected chi connectivity index (χ4v) is 4.20. The van der Waals surface area contributed by atoms with E-state index in [1.165, 1.54) is 11.1 Å². The Kier molecular flexibility index (Phi) is 5.29. The maximum Gasteiger partial charge on any atom is 0.335 e. The number of hydrogen-bond donors (Lipinski definition) is 1. The topological polar surface area (TPSA) is 54.4 Å². The quantitative estimate of drug-likeness (QED) is 0.485. The van der Waals surface area contributed by atoms with Gasteiger partial charge in [0.05, 0.1) is 5.56 Å². The maximum atomic E-state index is 13.2. The highest BCUT2D eigenvalue weighted by molar-refractivity contribution is 6.12. The molecule has 0 amide bonds. The number of ketones is 1. The van der Waals surface area contributed by atoms with Gasteiger partial charge in [0.25, 0.3) is 0 Å². The van der Waals surface area contributed by atoms with E-state index >= 15 is 0 Å². The van der Waals surface area contributed by atoms with E-state index < -0.39 is 5.97 Å². The Morgan fingerprint density at radius 3 is 1.79 bits per heavy atom. The van der Waals surface area contributed by atoms with Crippen LogP contribution in [0.15, 0.2) is 48.0 Å². The number of carboxylic acids is 1. The molecular weight excluding hydrogens is 360 g/mol. The van der Waals surface area contributed by atoms with Gasteiger partial charge in [-0.2, -0.15) is 0 Å². The molecule has 0 saturated carbocycles. The van der Waals surface area contributed by atoms with Crippen molar-refractivity contribution in [1.29, 1.82) is 0 Å². The van der Waals surface area contributed by atoms with Gasteiger partial charge in [0.15, 0.2) is 5.78 Å². The summed E-state index contributed by atoms with van der Waals surface area (Å²) in [7, 11) is 0. The Labute approximate surface area is 173 Å². The molecular formula is C26H30O3. The molecule has 152 valence electrons. The average Bonchev–Trinajstić information content (AvgIpc) is 2.69. The highest BCUT2D eigenvalue weighted by Crippen LogP contribution is 2.46. The lowest BCUT2D eigenvalue weighted by atomic mass is 9.63. The zero-order valence-corrected chi connectivity index (χ0v) is 18.2. The molecule has 1 N–H and O–H groups in total. The highest BCUT2D eigenvalue weighted by Gasteiger charge is 2.37. The third-order valence-electron chi connectivity index (χ3n) is 6.58. The van der Waals surface area contributed by atoms with Gasteiger partial charge in [-0.25, -0.2) is 4.79 Å². The van der Waals surface area contributed by atoms with Crippen molar-refractivity contribution in [3.05, 3.63) is 75.9 Å². The summed E-state index contributed by atoms with van der Waals surface area (Å²) in [4.78, 5) is 24.3. The molecule has 2 aromatic rings. The molecule has 0 radical (unpaired) electrons. The summed E-state index contributed by atoms with van der Waals surface area (Å²) >= 11 is 0. The van der Waals surface area contributed by atoms with Crippen molar-refractivity contribution >= 4 is 17.3 Å². The van der Waals surface area contributed by atoms with Crippen LogP contribution in [0.1, 0.15) is 91.8 Å². The third-order valence-corrected chi connectivity index (χ3v) is 6.58. The number of carbonyl (C=O) groups is 2. The number of Topliss-reactive ketones (excluding diaryl/α,β-unsaturated/α-hetero) is 1. The second kappa shape index (κ2) is 7.29. The highest BCUT2D eigenvalue weighted by atomic mass is 16.4. The van der Waals surface area contributed by atoms with Crippen LogP contribution in [0.2, 0.25) is 0 Å². The van der Waals surface area contributed by atoms with E-state index in [0.717, 1.165) is 24.0 Å². The van der Waals surface area contributed by atoms with E-state index in [4.69, 9.17) is 5.11 Å². The first-order chi connectivity index (χ1) is 13.4. The Morgan fingerprint density at radius 2 is 1.24 bits per heavy atom. The van der Waals surface area contributed by atoms with Crippen molar-refractivity contribution in [2.45, 2.75) is 65.2 Å². The number of benzene rings is 2. The number of hydrogen-bond acceptors (Lipinski definition) is 2. The van der Waals surface area contributed by atoms with E-state index in [0.29, 0.717) is 11.1 Å². The first-order valence-corrected chi connectivity index (χ1v) is 10.1. The molecule has 0 heterocycles. The standard InChI is InChI=1S/C26H30O3/c1-16(18-7-9-19(10-8-18)24(28)29)17(2)23(27)20-11-12-21-22(15-20)26(5,6)14-13-25(21,3)4/h7-12,15H,13-14H2,1-6H3,(H,28,29)/b17-16+. The van der Waals surface area contributed by atoms with Gasteiger partial charge in [-0.1, -0.05) is 52.0 Å². The molecule has 0 aliphatic heterocycles. The predicted molar refractivity (Wildman–Crippen MR) is 118 cm³/mol. The van der Waals surface area contributed by atoms with Gasteiger partial charge >= 0.3 is 5.97 Å². The number of rotatable bonds is 4. The van der Waals surface area contributed by atoms with Crippen LogP contribution < -0.4 is 0 Å². The van der Waals surface area contributed by atoms with Crippen LogP contribution in [-0.4, -0.2) is 16.9 Å². The molecule has 0 spiro atoms. The van der Waals surface area contributed by atoms with Crippen molar-refractivity contribution in [2.75, 3.05) is 0 Å². The molecule has 0 unspecified atom stereocenters. The maximum absolute atomic E-state index is 13.2. The van der Waals surface area contributed by atoms with E-state index in [2.05, 4.69) is 39.8 Å². The van der Waals surface area contributed by atoms with E-state index in [1.54, 1.807) is 24.3 Å². The van der Waals surface area contributed by atoms with Gasteiger partial charge < -0.3 is 5.11 Å². The van der Waals surface area contributed by atoms with Crippen molar-refractivity contribution < 1.29 is 14.7 Å². The van der Waals surface area contributed by atoms with E-state index in [-0.39, 0.29) is 22.2 Å². The molecule has 1 aliphatic rings. The summed E-state index contributed by atoms with van der Waals surface area (Å²) in [6.07, 6.45) is 2.25. The average molecular weight is 391 g/mol. The molecule has 3 heteroatoms. The van der Waals surface area contributed by atoms with Crippen LogP contribution in [0.5, 0.6) is 0 Å². The number of aromatic carboxylic acids is 1. The number of allylic oxidation sites excluding steroid dienone is 2. The first-order valence-electron chi connectivity index (χ1n) is 10.1. The number of fused-ring (bicyclic) bond motifs is 1. The minimum Gasteiger partial charge on any atom is -0.478 e. The van der Waals surface area contributed by atoms with Gasteiger partial charge in [0, 0.05) is 11.1 Å². The van der Waals surface area contributed by atoms with Crippen molar-refractivity contribution in [2.24, 2.45) is 0 Å². The van der Waals surface area contributed by atoms with Gasteiger partial charge in [0.1, 0.15) is 0 Å². The molecule has 2 aromatic carbocycles. The van der Waals surface area contributed by atoms with E-state index in [9.17, 15) is 9.59 Å². The summed E-state index contributed by atoms with van der Waals surface area (Å²) in [6.45, 7) is 12.8. The van der Waals surface area contributed by atoms with E-state index in [1.807, 2.05) is 19.9 Å². The summed E-state index contributed by atoms with van der Waals surface area (Å²) in [6, 6.07) is 12.8. The lowest BCUT2D eigenvalue weighted by Crippen LogP contribution is -2.34. The lowest BCUT2D eigenvalue weighted by Gasteiger charge is -2.42. The lowest BCUT2D eigenvalue weighted by molar-refractivity contribution is 0.0696. The minimum atomic E-state index is -0.953. The SMILES string of the molecule is C/C(C(=O)c1ccc2c(c1)C(C)(C)CCC2(C)C)=C(/C)c1ccc(C(=O)O)cc1. The first kappa shape index (κ1) is 21.0. The van der Waals surface area contributed by atoms with Crippen LogP contribution in [-0.2, 0) is 10.8 Å². The van der Waals surface area contributed by atoms with Gasteiger partial charge in [-0.15, -0.1) is 0 Å². The Balaban J connectivity index is 1.99. The molecule has 3 rings (SSSR count). The van der Waals surface area contributed by atoms with Crippen molar-refractivity contribution in [1.82, 2.24) is 0 Å². The molecule has 1 aliphatic carbocycles. The molecule has 29 heavy (non-hydrogen) atoms. The fraction of sp³-hybridized carbons (Fsp3) is 0.385. The number of carbonyl (C=O) groups excluding carboxylic acids is 1. The van der Waals surface area contributed by atoms with Gasteiger partial charge in [-0.05, 0) is 78.0 Å². The Hall–Kier alpha value is -2.68. The Morgan fingerprint density at radius 1 is 0.759 bits per heavy atom. The minimum absolute atomic E-state index is 0.0202. The van der Waals surface area contributed by atoms with Gasteiger partial charge in [-0.3, -0.25) is 4.79 Å². The largest absolute Gasteiger partial charge is 0.478 e. The zero-order valence-electron chi connectivity index (χ0n) is 18.2.